The van der Waals surface area contributed by atoms with Crippen LogP contribution in [0.15, 0.2) is 24.3 Å². The van der Waals surface area contributed by atoms with Gasteiger partial charge in [-0.05, 0) is 25.0 Å². The standard InChI is InChI=1S/C17H21FN2O4/c1-24-16(22)7-6-15(21)19-12-8-10-20(11-9-12)17(23)13-4-2-3-5-14(13)18/h2-5,12H,6-11H2,1H3,(H,19,21). The highest BCUT2D eigenvalue weighted by molar-refractivity contribution is 5.94. The summed E-state index contributed by atoms with van der Waals surface area (Å²) in [4.78, 5) is 36.7. The van der Waals surface area contributed by atoms with Gasteiger partial charge in [-0.2, -0.15) is 0 Å². The molecule has 0 spiro atoms. The minimum absolute atomic E-state index is 0.0418. The lowest BCUT2D eigenvalue weighted by molar-refractivity contribution is -0.142. The number of carbonyl (C=O) groups is 3. The van der Waals surface area contributed by atoms with Crippen LogP contribution in [-0.2, 0) is 14.3 Å². The Bertz CT molecular complexity index is 612. The molecule has 2 rings (SSSR count). The van der Waals surface area contributed by atoms with Crippen molar-refractivity contribution >= 4 is 17.8 Å². The van der Waals surface area contributed by atoms with E-state index in [9.17, 15) is 18.8 Å². The van der Waals surface area contributed by atoms with Gasteiger partial charge in [0, 0.05) is 25.6 Å². The first-order chi connectivity index (χ1) is 11.5. The van der Waals surface area contributed by atoms with Gasteiger partial charge < -0.3 is 15.0 Å². The number of esters is 1. The summed E-state index contributed by atoms with van der Waals surface area (Å²) in [6, 6.07) is 5.87. The molecule has 6 nitrogen and oxygen atoms in total. The number of hydrogen-bond acceptors (Lipinski definition) is 4. The van der Waals surface area contributed by atoms with E-state index in [1.807, 2.05) is 0 Å². The van der Waals surface area contributed by atoms with Crippen molar-refractivity contribution in [1.82, 2.24) is 10.2 Å². The Hall–Kier alpha value is -2.44. The molecule has 1 aromatic carbocycles. The summed E-state index contributed by atoms with van der Waals surface area (Å²) in [5.74, 6) is -1.49. The second-order valence-corrected chi connectivity index (χ2v) is 5.69. The molecule has 1 aliphatic heterocycles. The van der Waals surface area contributed by atoms with Gasteiger partial charge in [0.2, 0.25) is 5.91 Å². The molecule has 0 saturated carbocycles. The fraction of sp³-hybridized carbons (Fsp3) is 0.471. The maximum absolute atomic E-state index is 13.7. The third kappa shape index (κ3) is 4.78. The van der Waals surface area contributed by atoms with E-state index in [2.05, 4.69) is 10.1 Å². The van der Waals surface area contributed by atoms with Crippen molar-refractivity contribution in [3.63, 3.8) is 0 Å². The zero-order chi connectivity index (χ0) is 17.5. The molecular formula is C17H21FN2O4. The first kappa shape index (κ1) is 17.9. The topological polar surface area (TPSA) is 75.7 Å². The Kier molecular flexibility index (Phi) is 6.28. The average molecular weight is 336 g/mol. The highest BCUT2D eigenvalue weighted by Crippen LogP contribution is 2.16. The molecule has 0 bridgehead atoms. The highest BCUT2D eigenvalue weighted by Gasteiger charge is 2.25. The Morgan fingerprint density at radius 2 is 1.88 bits per heavy atom. The molecule has 0 aliphatic carbocycles. The summed E-state index contributed by atoms with van der Waals surface area (Å²) in [6.45, 7) is 0.907. The fourth-order valence-electron chi connectivity index (χ4n) is 2.65. The molecule has 0 radical (unpaired) electrons. The molecule has 1 saturated heterocycles. The van der Waals surface area contributed by atoms with Crippen molar-refractivity contribution < 1.29 is 23.5 Å². The number of carbonyl (C=O) groups excluding carboxylic acids is 3. The molecule has 1 aromatic rings. The first-order valence-corrected chi connectivity index (χ1v) is 7.91. The Balaban J connectivity index is 1.79. The van der Waals surface area contributed by atoms with E-state index in [1.165, 1.54) is 19.2 Å². The van der Waals surface area contributed by atoms with E-state index in [-0.39, 0.29) is 36.3 Å². The van der Waals surface area contributed by atoms with Crippen LogP contribution in [0.2, 0.25) is 0 Å². The Labute approximate surface area is 140 Å². The second-order valence-electron chi connectivity index (χ2n) is 5.69. The molecule has 24 heavy (non-hydrogen) atoms. The molecule has 0 atom stereocenters. The van der Waals surface area contributed by atoms with Gasteiger partial charge in [0.05, 0.1) is 19.1 Å². The number of benzene rings is 1. The van der Waals surface area contributed by atoms with Gasteiger partial charge in [-0.15, -0.1) is 0 Å². The number of halogens is 1. The van der Waals surface area contributed by atoms with Gasteiger partial charge >= 0.3 is 5.97 Å². The molecular weight excluding hydrogens is 315 g/mol. The summed E-state index contributed by atoms with van der Waals surface area (Å²) in [7, 11) is 1.28. The highest BCUT2D eigenvalue weighted by atomic mass is 19.1. The zero-order valence-electron chi connectivity index (χ0n) is 13.6. The smallest absolute Gasteiger partial charge is 0.306 e. The van der Waals surface area contributed by atoms with E-state index >= 15 is 0 Å². The van der Waals surface area contributed by atoms with Crippen molar-refractivity contribution in [2.75, 3.05) is 20.2 Å². The lowest BCUT2D eigenvalue weighted by Crippen LogP contribution is -2.46. The van der Waals surface area contributed by atoms with Gasteiger partial charge in [0.15, 0.2) is 0 Å². The minimum atomic E-state index is -0.527. The average Bonchev–Trinajstić information content (AvgIpc) is 2.60. The summed E-state index contributed by atoms with van der Waals surface area (Å²) in [5.41, 5.74) is 0.0677. The second kappa shape index (κ2) is 8.42. The van der Waals surface area contributed by atoms with Crippen LogP contribution in [0.5, 0.6) is 0 Å². The van der Waals surface area contributed by atoms with Gasteiger partial charge in [0.1, 0.15) is 5.82 Å². The number of methoxy groups -OCH3 is 1. The summed E-state index contributed by atoms with van der Waals surface area (Å²) >= 11 is 0. The van der Waals surface area contributed by atoms with Crippen LogP contribution in [0.1, 0.15) is 36.0 Å². The quantitative estimate of drug-likeness (QED) is 0.827. The number of piperidine rings is 1. The summed E-state index contributed by atoms with van der Waals surface area (Å²) in [5, 5.41) is 2.85. The predicted octanol–water partition coefficient (Wildman–Crippen LogP) is 1.50. The largest absolute Gasteiger partial charge is 0.469 e. The third-order valence-corrected chi connectivity index (χ3v) is 4.04. The van der Waals surface area contributed by atoms with Gasteiger partial charge in [-0.25, -0.2) is 4.39 Å². The van der Waals surface area contributed by atoms with E-state index in [4.69, 9.17) is 0 Å². The molecule has 1 fully saturated rings. The fourth-order valence-corrected chi connectivity index (χ4v) is 2.65. The van der Waals surface area contributed by atoms with Crippen LogP contribution in [0.3, 0.4) is 0 Å². The van der Waals surface area contributed by atoms with Gasteiger partial charge in [0.25, 0.3) is 5.91 Å². The third-order valence-electron chi connectivity index (χ3n) is 4.04. The predicted molar refractivity (Wildman–Crippen MR) is 84.7 cm³/mol. The lowest BCUT2D eigenvalue weighted by atomic mass is 10.0. The molecule has 1 aliphatic rings. The van der Waals surface area contributed by atoms with Crippen molar-refractivity contribution in [3.8, 4) is 0 Å². The van der Waals surface area contributed by atoms with Crippen molar-refractivity contribution in [2.24, 2.45) is 0 Å². The van der Waals surface area contributed by atoms with E-state index in [0.29, 0.717) is 25.9 Å². The van der Waals surface area contributed by atoms with Crippen molar-refractivity contribution in [1.29, 1.82) is 0 Å². The molecule has 130 valence electrons. The molecule has 7 heteroatoms. The van der Waals surface area contributed by atoms with E-state index < -0.39 is 11.8 Å². The molecule has 0 unspecified atom stereocenters. The van der Waals surface area contributed by atoms with Crippen LogP contribution < -0.4 is 5.32 Å². The molecule has 1 heterocycles. The molecule has 2 amide bonds. The van der Waals surface area contributed by atoms with Crippen LogP contribution in [0.4, 0.5) is 4.39 Å². The van der Waals surface area contributed by atoms with Crippen LogP contribution in [-0.4, -0.2) is 48.9 Å². The lowest BCUT2D eigenvalue weighted by Gasteiger charge is -2.32. The van der Waals surface area contributed by atoms with Crippen molar-refractivity contribution in [2.45, 2.75) is 31.7 Å². The van der Waals surface area contributed by atoms with Gasteiger partial charge in [-0.3, -0.25) is 14.4 Å². The number of amides is 2. The van der Waals surface area contributed by atoms with Crippen LogP contribution in [0, 0.1) is 5.82 Å². The normalized spacial score (nSPS) is 15.0. The number of ether oxygens (including phenoxy) is 1. The number of nitrogens with zero attached hydrogens (tertiary/aromatic N) is 1. The Morgan fingerprint density at radius 1 is 1.21 bits per heavy atom. The summed E-state index contributed by atoms with van der Waals surface area (Å²) < 4.78 is 18.2. The maximum Gasteiger partial charge on any atom is 0.306 e. The van der Waals surface area contributed by atoms with Crippen molar-refractivity contribution in [3.05, 3.63) is 35.6 Å². The molecule has 1 N–H and O–H groups in total. The number of likely N-dealkylation sites (tertiary alicyclic amines) is 1. The number of nitrogens with one attached hydrogen (secondary N) is 1. The minimum Gasteiger partial charge on any atom is -0.469 e. The van der Waals surface area contributed by atoms with Crippen LogP contribution in [0.25, 0.3) is 0 Å². The maximum atomic E-state index is 13.7. The van der Waals surface area contributed by atoms with E-state index in [0.717, 1.165) is 0 Å². The number of hydrogen-bond donors (Lipinski definition) is 1. The SMILES string of the molecule is COC(=O)CCC(=O)NC1CCN(C(=O)c2ccccc2F)CC1. The van der Waals surface area contributed by atoms with Gasteiger partial charge in [-0.1, -0.05) is 12.1 Å². The van der Waals surface area contributed by atoms with E-state index in [1.54, 1.807) is 17.0 Å². The molecule has 0 aromatic heterocycles. The first-order valence-electron chi connectivity index (χ1n) is 7.91. The zero-order valence-corrected chi connectivity index (χ0v) is 13.6. The Morgan fingerprint density at radius 3 is 2.50 bits per heavy atom. The monoisotopic (exact) mass is 336 g/mol. The summed E-state index contributed by atoms with van der Waals surface area (Å²) in [6.07, 6.45) is 1.34. The number of rotatable bonds is 5. The van der Waals surface area contributed by atoms with Crippen LogP contribution >= 0.6 is 0 Å².